The highest BCUT2D eigenvalue weighted by Gasteiger charge is 2.09. The molecule has 14 heavy (non-hydrogen) atoms. The average Bonchev–Trinajstić information content (AvgIpc) is 2.08. The molecule has 0 N–H and O–H groups in total. The molecule has 0 unspecified atom stereocenters. The van der Waals surface area contributed by atoms with Crippen LogP contribution in [0.25, 0.3) is 0 Å². The third-order valence-electron chi connectivity index (χ3n) is 1.75. The molecule has 0 saturated heterocycles. The van der Waals surface area contributed by atoms with Gasteiger partial charge in [0.05, 0.1) is 11.7 Å². The highest BCUT2D eigenvalue weighted by molar-refractivity contribution is 6.31. The highest BCUT2D eigenvalue weighted by atomic mass is 35.5. The Morgan fingerprint density at radius 3 is 2.57 bits per heavy atom. The maximum Gasteiger partial charge on any atom is 0.338 e. The van der Waals surface area contributed by atoms with Gasteiger partial charge in [-0.1, -0.05) is 17.7 Å². The number of ether oxygens (including phenoxy) is 1. The highest BCUT2D eigenvalue weighted by Crippen LogP contribution is 2.17. The van der Waals surface area contributed by atoms with E-state index in [0.717, 1.165) is 5.56 Å². The largest absolute Gasteiger partial charge is 0.459 e. The Hall–Kier alpha value is -1.02. The van der Waals surface area contributed by atoms with Crippen LogP contribution in [0.1, 0.15) is 29.8 Å². The van der Waals surface area contributed by atoms with Crippen molar-refractivity contribution in [1.29, 1.82) is 0 Å². The zero-order valence-corrected chi connectivity index (χ0v) is 9.26. The van der Waals surface area contributed by atoms with Crippen molar-refractivity contribution in [3.05, 3.63) is 34.3 Å². The number of aryl methyl sites for hydroxylation is 1. The Kier molecular flexibility index (Phi) is 3.53. The van der Waals surface area contributed by atoms with Crippen molar-refractivity contribution in [2.75, 3.05) is 0 Å². The van der Waals surface area contributed by atoms with E-state index in [0.29, 0.717) is 10.6 Å². The number of rotatable bonds is 2. The van der Waals surface area contributed by atoms with Crippen LogP contribution in [0.2, 0.25) is 5.02 Å². The third-order valence-corrected chi connectivity index (χ3v) is 2.16. The van der Waals surface area contributed by atoms with Gasteiger partial charge in [-0.2, -0.15) is 0 Å². The zero-order chi connectivity index (χ0) is 10.7. The SMILES string of the molecule is Cc1ccc(C(=O)OC(C)C)cc1Cl. The smallest absolute Gasteiger partial charge is 0.338 e. The summed E-state index contributed by atoms with van der Waals surface area (Å²) in [5.41, 5.74) is 1.45. The molecule has 0 spiro atoms. The van der Waals surface area contributed by atoms with Crippen LogP contribution in [0.3, 0.4) is 0 Å². The molecule has 0 aliphatic rings. The van der Waals surface area contributed by atoms with Crippen LogP contribution >= 0.6 is 11.6 Å². The number of hydrogen-bond acceptors (Lipinski definition) is 2. The number of carbonyl (C=O) groups excluding carboxylic acids is 1. The quantitative estimate of drug-likeness (QED) is 0.704. The molecule has 0 atom stereocenters. The fourth-order valence-corrected chi connectivity index (χ4v) is 1.18. The lowest BCUT2D eigenvalue weighted by Crippen LogP contribution is -2.11. The monoisotopic (exact) mass is 212 g/mol. The summed E-state index contributed by atoms with van der Waals surface area (Å²) in [5.74, 6) is -0.332. The first-order valence-corrected chi connectivity index (χ1v) is 4.85. The van der Waals surface area contributed by atoms with Gasteiger partial charge in [0, 0.05) is 5.02 Å². The summed E-state index contributed by atoms with van der Waals surface area (Å²) in [6, 6.07) is 5.15. The van der Waals surface area contributed by atoms with E-state index in [1.54, 1.807) is 18.2 Å². The van der Waals surface area contributed by atoms with Gasteiger partial charge >= 0.3 is 5.97 Å². The molecular weight excluding hydrogens is 200 g/mol. The van der Waals surface area contributed by atoms with E-state index in [9.17, 15) is 4.79 Å². The van der Waals surface area contributed by atoms with Gasteiger partial charge in [-0.25, -0.2) is 4.79 Å². The van der Waals surface area contributed by atoms with Gasteiger partial charge in [0.1, 0.15) is 0 Å². The van der Waals surface area contributed by atoms with Gasteiger partial charge in [0.15, 0.2) is 0 Å². The number of esters is 1. The predicted octanol–water partition coefficient (Wildman–Crippen LogP) is 3.21. The van der Waals surface area contributed by atoms with Crippen molar-refractivity contribution in [2.45, 2.75) is 26.9 Å². The van der Waals surface area contributed by atoms with E-state index in [2.05, 4.69) is 0 Å². The fraction of sp³-hybridized carbons (Fsp3) is 0.364. The summed E-state index contributed by atoms with van der Waals surface area (Å²) < 4.78 is 5.03. The van der Waals surface area contributed by atoms with Gasteiger partial charge in [-0.3, -0.25) is 0 Å². The lowest BCUT2D eigenvalue weighted by atomic mass is 10.1. The Morgan fingerprint density at radius 2 is 2.07 bits per heavy atom. The molecule has 0 bridgehead atoms. The molecule has 0 radical (unpaired) electrons. The first kappa shape index (κ1) is 11.1. The summed E-state index contributed by atoms with van der Waals surface area (Å²) in [6.45, 7) is 5.52. The van der Waals surface area contributed by atoms with Crippen LogP contribution < -0.4 is 0 Å². The predicted molar refractivity (Wildman–Crippen MR) is 56.7 cm³/mol. The Bertz CT molecular complexity index is 345. The van der Waals surface area contributed by atoms with E-state index < -0.39 is 0 Å². The molecule has 0 amide bonds. The molecule has 0 saturated carbocycles. The fourth-order valence-electron chi connectivity index (χ4n) is 1.00. The van der Waals surface area contributed by atoms with E-state index in [1.165, 1.54) is 0 Å². The van der Waals surface area contributed by atoms with Crippen molar-refractivity contribution >= 4 is 17.6 Å². The van der Waals surface area contributed by atoms with Crippen molar-refractivity contribution in [3.63, 3.8) is 0 Å². The summed E-state index contributed by atoms with van der Waals surface area (Å²) in [7, 11) is 0. The van der Waals surface area contributed by atoms with Gasteiger partial charge in [0.2, 0.25) is 0 Å². The first-order chi connectivity index (χ1) is 6.50. The molecule has 3 heteroatoms. The van der Waals surface area contributed by atoms with Gasteiger partial charge in [0.25, 0.3) is 0 Å². The normalized spacial score (nSPS) is 10.4. The second-order valence-electron chi connectivity index (χ2n) is 3.42. The van der Waals surface area contributed by atoms with Crippen LogP contribution in [0.5, 0.6) is 0 Å². The van der Waals surface area contributed by atoms with Crippen molar-refractivity contribution in [2.24, 2.45) is 0 Å². The van der Waals surface area contributed by atoms with Gasteiger partial charge < -0.3 is 4.74 Å². The molecule has 76 valence electrons. The second kappa shape index (κ2) is 4.47. The van der Waals surface area contributed by atoms with Crippen LogP contribution in [0, 0.1) is 6.92 Å². The third kappa shape index (κ3) is 2.74. The van der Waals surface area contributed by atoms with E-state index in [-0.39, 0.29) is 12.1 Å². The molecule has 1 aromatic carbocycles. The maximum absolute atomic E-state index is 11.4. The maximum atomic E-state index is 11.4. The average molecular weight is 213 g/mol. The molecule has 0 aliphatic heterocycles. The molecule has 0 aromatic heterocycles. The minimum atomic E-state index is -0.332. The summed E-state index contributed by atoms with van der Waals surface area (Å²) in [4.78, 5) is 11.4. The van der Waals surface area contributed by atoms with Gasteiger partial charge in [-0.05, 0) is 38.5 Å². The first-order valence-electron chi connectivity index (χ1n) is 4.48. The number of hydrogen-bond donors (Lipinski definition) is 0. The molecular formula is C11H13ClO2. The molecule has 0 aliphatic carbocycles. The topological polar surface area (TPSA) is 26.3 Å². The number of benzene rings is 1. The minimum Gasteiger partial charge on any atom is -0.459 e. The standard InChI is InChI=1S/C11H13ClO2/c1-7(2)14-11(13)9-5-4-8(3)10(12)6-9/h4-7H,1-3H3. The van der Waals surface area contributed by atoms with Crippen molar-refractivity contribution < 1.29 is 9.53 Å². The Morgan fingerprint density at radius 1 is 1.43 bits per heavy atom. The van der Waals surface area contributed by atoms with Gasteiger partial charge in [-0.15, -0.1) is 0 Å². The van der Waals surface area contributed by atoms with Crippen molar-refractivity contribution in [3.8, 4) is 0 Å². The number of halogens is 1. The molecule has 0 heterocycles. The Balaban J connectivity index is 2.86. The lowest BCUT2D eigenvalue weighted by Gasteiger charge is -2.08. The molecule has 1 rings (SSSR count). The van der Waals surface area contributed by atoms with Crippen molar-refractivity contribution in [1.82, 2.24) is 0 Å². The van der Waals surface area contributed by atoms with Crippen LogP contribution in [0.15, 0.2) is 18.2 Å². The molecule has 0 fully saturated rings. The zero-order valence-electron chi connectivity index (χ0n) is 8.50. The Labute approximate surface area is 88.8 Å². The second-order valence-corrected chi connectivity index (χ2v) is 3.83. The van der Waals surface area contributed by atoms with E-state index in [1.807, 2.05) is 20.8 Å². The minimum absolute atomic E-state index is 0.109. The van der Waals surface area contributed by atoms with Crippen LogP contribution in [-0.4, -0.2) is 12.1 Å². The van der Waals surface area contributed by atoms with E-state index >= 15 is 0 Å². The van der Waals surface area contributed by atoms with E-state index in [4.69, 9.17) is 16.3 Å². The van der Waals surface area contributed by atoms with Crippen LogP contribution in [-0.2, 0) is 4.74 Å². The molecule has 1 aromatic rings. The lowest BCUT2D eigenvalue weighted by molar-refractivity contribution is 0.0378. The number of carbonyl (C=O) groups is 1. The summed E-state index contributed by atoms with van der Waals surface area (Å²) in [6.07, 6.45) is -0.109. The molecule has 2 nitrogen and oxygen atoms in total. The van der Waals surface area contributed by atoms with Crippen LogP contribution in [0.4, 0.5) is 0 Å². The summed E-state index contributed by atoms with van der Waals surface area (Å²) >= 11 is 5.89. The summed E-state index contributed by atoms with van der Waals surface area (Å²) in [5, 5.41) is 0.586.